The molecule has 3 amide bonds. The standard InChI is InChI=1S/C15H25N3O2/c1-11(12-4-5-12)9-14(19)17-7-2-3-13(10-17)18-8-6-16-15(18)20/h11-13H,2-10H2,1H3,(H,16,20)/t11-,13-/m0/s1. The van der Waals surface area contributed by atoms with Crippen LogP contribution in [0.1, 0.15) is 39.0 Å². The van der Waals surface area contributed by atoms with Gasteiger partial charge in [0.25, 0.3) is 0 Å². The van der Waals surface area contributed by atoms with E-state index in [0.29, 0.717) is 12.3 Å². The molecule has 2 saturated heterocycles. The van der Waals surface area contributed by atoms with Gasteiger partial charge in [0.2, 0.25) is 5.91 Å². The summed E-state index contributed by atoms with van der Waals surface area (Å²) in [5.74, 6) is 1.59. The molecule has 0 aromatic carbocycles. The highest BCUT2D eigenvalue weighted by Gasteiger charge is 2.34. The maximum atomic E-state index is 12.4. The Bertz CT molecular complexity index is 395. The van der Waals surface area contributed by atoms with E-state index < -0.39 is 0 Å². The first-order valence-corrected chi connectivity index (χ1v) is 7.97. The average molecular weight is 279 g/mol. The van der Waals surface area contributed by atoms with Gasteiger partial charge in [-0.25, -0.2) is 4.79 Å². The van der Waals surface area contributed by atoms with Gasteiger partial charge in [0, 0.05) is 32.6 Å². The van der Waals surface area contributed by atoms with E-state index in [-0.39, 0.29) is 18.0 Å². The van der Waals surface area contributed by atoms with Gasteiger partial charge in [0.1, 0.15) is 0 Å². The molecule has 20 heavy (non-hydrogen) atoms. The second kappa shape index (κ2) is 5.62. The van der Waals surface area contributed by atoms with E-state index in [1.165, 1.54) is 12.8 Å². The number of hydrogen-bond donors (Lipinski definition) is 1. The minimum Gasteiger partial charge on any atom is -0.341 e. The van der Waals surface area contributed by atoms with Gasteiger partial charge >= 0.3 is 6.03 Å². The van der Waals surface area contributed by atoms with Crippen LogP contribution in [-0.2, 0) is 4.79 Å². The van der Waals surface area contributed by atoms with Crippen molar-refractivity contribution in [2.24, 2.45) is 11.8 Å². The molecule has 3 aliphatic rings. The van der Waals surface area contributed by atoms with Crippen molar-refractivity contribution in [3.63, 3.8) is 0 Å². The van der Waals surface area contributed by atoms with Crippen LogP contribution >= 0.6 is 0 Å². The zero-order valence-corrected chi connectivity index (χ0v) is 12.3. The molecule has 2 heterocycles. The molecule has 5 nitrogen and oxygen atoms in total. The number of piperidine rings is 1. The molecular formula is C15H25N3O2. The van der Waals surface area contributed by atoms with Gasteiger partial charge in [-0.05, 0) is 37.5 Å². The largest absolute Gasteiger partial charge is 0.341 e. The topological polar surface area (TPSA) is 52.7 Å². The summed E-state index contributed by atoms with van der Waals surface area (Å²) in [5, 5.41) is 2.85. The smallest absolute Gasteiger partial charge is 0.317 e. The summed E-state index contributed by atoms with van der Waals surface area (Å²) >= 11 is 0. The molecule has 1 aliphatic carbocycles. The molecule has 2 atom stereocenters. The first kappa shape index (κ1) is 13.7. The van der Waals surface area contributed by atoms with Crippen molar-refractivity contribution in [1.29, 1.82) is 0 Å². The number of urea groups is 1. The Morgan fingerprint density at radius 3 is 2.80 bits per heavy atom. The molecule has 0 radical (unpaired) electrons. The highest BCUT2D eigenvalue weighted by molar-refractivity contribution is 5.78. The molecule has 3 rings (SSSR count). The zero-order chi connectivity index (χ0) is 14.1. The fraction of sp³-hybridized carbons (Fsp3) is 0.867. The Hall–Kier alpha value is -1.26. The summed E-state index contributed by atoms with van der Waals surface area (Å²) in [6.45, 7) is 5.31. The maximum Gasteiger partial charge on any atom is 0.317 e. The van der Waals surface area contributed by atoms with Gasteiger partial charge in [-0.2, -0.15) is 0 Å². The molecule has 0 unspecified atom stereocenters. The molecule has 112 valence electrons. The summed E-state index contributed by atoms with van der Waals surface area (Å²) in [5.41, 5.74) is 0. The molecule has 0 aromatic heterocycles. The predicted molar refractivity (Wildman–Crippen MR) is 76.2 cm³/mol. The molecule has 2 aliphatic heterocycles. The quantitative estimate of drug-likeness (QED) is 0.846. The number of nitrogens with one attached hydrogen (secondary N) is 1. The lowest BCUT2D eigenvalue weighted by Gasteiger charge is -2.37. The highest BCUT2D eigenvalue weighted by Crippen LogP contribution is 2.38. The summed E-state index contributed by atoms with van der Waals surface area (Å²) in [6, 6.07) is 0.252. The van der Waals surface area contributed by atoms with Gasteiger partial charge in [-0.3, -0.25) is 4.79 Å². The van der Waals surface area contributed by atoms with Gasteiger partial charge in [0.15, 0.2) is 0 Å². The lowest BCUT2D eigenvalue weighted by molar-refractivity contribution is -0.134. The minimum absolute atomic E-state index is 0.0376. The molecule has 5 heteroatoms. The van der Waals surface area contributed by atoms with E-state index in [4.69, 9.17) is 0 Å². The Morgan fingerprint density at radius 1 is 1.35 bits per heavy atom. The van der Waals surface area contributed by atoms with Crippen molar-refractivity contribution in [2.75, 3.05) is 26.2 Å². The van der Waals surface area contributed by atoms with Crippen LogP contribution in [0.5, 0.6) is 0 Å². The van der Waals surface area contributed by atoms with E-state index in [2.05, 4.69) is 12.2 Å². The normalized spacial score (nSPS) is 28.4. The van der Waals surface area contributed by atoms with Crippen LogP contribution in [-0.4, -0.2) is 54.0 Å². The monoisotopic (exact) mass is 279 g/mol. The van der Waals surface area contributed by atoms with Gasteiger partial charge in [-0.15, -0.1) is 0 Å². The highest BCUT2D eigenvalue weighted by atomic mass is 16.2. The van der Waals surface area contributed by atoms with Crippen LogP contribution in [0.25, 0.3) is 0 Å². The number of amides is 3. The van der Waals surface area contributed by atoms with Crippen LogP contribution in [0.4, 0.5) is 4.79 Å². The molecule has 1 N–H and O–H groups in total. The van der Waals surface area contributed by atoms with Gasteiger partial charge < -0.3 is 15.1 Å². The number of carbonyl (C=O) groups is 2. The molecule has 3 fully saturated rings. The fourth-order valence-corrected chi connectivity index (χ4v) is 3.51. The number of carbonyl (C=O) groups excluding carboxylic acids is 2. The number of nitrogens with zero attached hydrogens (tertiary/aromatic N) is 2. The van der Waals surface area contributed by atoms with Crippen molar-refractivity contribution in [3.05, 3.63) is 0 Å². The van der Waals surface area contributed by atoms with E-state index in [1.54, 1.807) is 0 Å². The number of likely N-dealkylation sites (tertiary alicyclic amines) is 1. The predicted octanol–water partition coefficient (Wildman–Crippen LogP) is 1.44. The lowest BCUT2D eigenvalue weighted by Crippen LogP contribution is -2.50. The number of rotatable bonds is 4. The minimum atomic E-state index is 0.0376. The number of hydrogen-bond acceptors (Lipinski definition) is 2. The molecule has 0 spiro atoms. The first-order valence-electron chi connectivity index (χ1n) is 7.97. The lowest BCUT2D eigenvalue weighted by atomic mass is 9.99. The van der Waals surface area contributed by atoms with Crippen LogP contribution in [0, 0.1) is 11.8 Å². The molecule has 0 aromatic rings. The van der Waals surface area contributed by atoms with E-state index >= 15 is 0 Å². The Balaban J connectivity index is 1.54. The van der Waals surface area contributed by atoms with E-state index in [0.717, 1.165) is 44.9 Å². The molecule has 1 saturated carbocycles. The van der Waals surface area contributed by atoms with Crippen LogP contribution in [0.2, 0.25) is 0 Å². The van der Waals surface area contributed by atoms with Gasteiger partial charge in [0.05, 0.1) is 6.04 Å². The van der Waals surface area contributed by atoms with E-state index in [9.17, 15) is 9.59 Å². The summed E-state index contributed by atoms with van der Waals surface area (Å²) in [4.78, 5) is 28.0. The Morgan fingerprint density at radius 2 is 2.15 bits per heavy atom. The third kappa shape index (κ3) is 2.91. The zero-order valence-electron chi connectivity index (χ0n) is 12.3. The summed E-state index contributed by atoms with van der Waals surface area (Å²) < 4.78 is 0. The fourth-order valence-electron chi connectivity index (χ4n) is 3.51. The molecule has 0 bridgehead atoms. The van der Waals surface area contributed by atoms with Crippen LogP contribution in [0.15, 0.2) is 0 Å². The SMILES string of the molecule is C[C@@H](CC(=O)N1CCC[C@H](N2CCNC2=O)C1)C1CC1. The van der Waals surface area contributed by atoms with Gasteiger partial charge in [-0.1, -0.05) is 6.92 Å². The van der Waals surface area contributed by atoms with Crippen LogP contribution < -0.4 is 5.32 Å². The Kier molecular flexibility index (Phi) is 3.85. The molecular weight excluding hydrogens is 254 g/mol. The van der Waals surface area contributed by atoms with Crippen molar-refractivity contribution >= 4 is 11.9 Å². The first-order chi connectivity index (χ1) is 9.65. The van der Waals surface area contributed by atoms with Crippen molar-refractivity contribution in [1.82, 2.24) is 15.1 Å². The third-order valence-electron chi connectivity index (χ3n) is 5.00. The second-order valence-electron chi connectivity index (χ2n) is 6.58. The summed E-state index contributed by atoms with van der Waals surface area (Å²) in [6.07, 6.45) is 5.31. The second-order valence-corrected chi connectivity index (χ2v) is 6.58. The van der Waals surface area contributed by atoms with Crippen molar-refractivity contribution in [2.45, 2.75) is 45.1 Å². The maximum absolute atomic E-state index is 12.4. The summed E-state index contributed by atoms with van der Waals surface area (Å²) in [7, 11) is 0. The van der Waals surface area contributed by atoms with Crippen LogP contribution in [0.3, 0.4) is 0 Å². The average Bonchev–Trinajstić information content (AvgIpc) is 3.21. The van der Waals surface area contributed by atoms with E-state index in [1.807, 2.05) is 9.80 Å². The third-order valence-corrected chi connectivity index (χ3v) is 5.00. The van der Waals surface area contributed by atoms with Crippen molar-refractivity contribution in [3.8, 4) is 0 Å². The van der Waals surface area contributed by atoms with Crippen molar-refractivity contribution < 1.29 is 9.59 Å². The Labute approximate surface area is 120 Å².